The lowest BCUT2D eigenvalue weighted by atomic mass is 10.1. The Morgan fingerprint density at radius 2 is 2.00 bits per heavy atom. The van der Waals surface area contributed by atoms with Crippen molar-refractivity contribution >= 4 is 48.7 Å². The number of halogens is 2. The van der Waals surface area contributed by atoms with Crippen molar-refractivity contribution in [2.45, 2.75) is 13.3 Å². The van der Waals surface area contributed by atoms with E-state index >= 15 is 0 Å². The molecule has 102 valence electrons. The van der Waals surface area contributed by atoms with Crippen LogP contribution in [-0.4, -0.2) is 20.3 Å². The number of rotatable bonds is 2. The molecular weight excluding hydrogens is 390 g/mol. The molecule has 0 bridgehead atoms. The van der Waals surface area contributed by atoms with Gasteiger partial charge in [-0.1, -0.05) is 0 Å². The summed E-state index contributed by atoms with van der Waals surface area (Å²) in [5.74, 6) is 0. The van der Waals surface area contributed by atoms with Gasteiger partial charge in [-0.05, 0) is 61.2 Å². The fraction of sp³-hybridized carbons (Fsp3) is 0.167. The molecule has 0 saturated carbocycles. The SMILES string of the molecule is Cc1nc2nonc2c(N)c1Cc1ccc(Br)c(Br)n1. The van der Waals surface area contributed by atoms with Crippen LogP contribution in [0.5, 0.6) is 0 Å². The van der Waals surface area contributed by atoms with Gasteiger partial charge in [0, 0.05) is 23.4 Å². The van der Waals surface area contributed by atoms with E-state index < -0.39 is 0 Å². The van der Waals surface area contributed by atoms with Crippen LogP contribution in [0.3, 0.4) is 0 Å². The summed E-state index contributed by atoms with van der Waals surface area (Å²) in [6.07, 6.45) is 0.569. The zero-order valence-electron chi connectivity index (χ0n) is 10.4. The third-order valence-corrected chi connectivity index (χ3v) is 4.76. The molecule has 0 atom stereocenters. The van der Waals surface area contributed by atoms with Gasteiger partial charge < -0.3 is 5.73 Å². The average Bonchev–Trinajstić information content (AvgIpc) is 2.87. The highest BCUT2D eigenvalue weighted by molar-refractivity contribution is 9.13. The Morgan fingerprint density at radius 1 is 1.20 bits per heavy atom. The smallest absolute Gasteiger partial charge is 0.226 e. The Balaban J connectivity index is 2.07. The summed E-state index contributed by atoms with van der Waals surface area (Å²) < 4.78 is 6.33. The number of hydrogen-bond donors (Lipinski definition) is 1. The van der Waals surface area contributed by atoms with Crippen molar-refractivity contribution in [1.82, 2.24) is 20.3 Å². The summed E-state index contributed by atoms with van der Waals surface area (Å²) in [5, 5.41) is 7.49. The molecule has 20 heavy (non-hydrogen) atoms. The largest absolute Gasteiger partial charge is 0.396 e. The molecule has 0 aliphatic heterocycles. The number of aryl methyl sites for hydroxylation is 1. The number of nitrogens with zero attached hydrogens (tertiary/aromatic N) is 4. The number of nitrogens with two attached hydrogens (primary N) is 1. The Bertz CT molecular complexity index is 802. The molecule has 3 aromatic heterocycles. The zero-order valence-corrected chi connectivity index (χ0v) is 13.6. The van der Waals surface area contributed by atoms with Gasteiger partial charge in [-0.15, -0.1) is 0 Å². The van der Waals surface area contributed by atoms with Gasteiger partial charge in [0.1, 0.15) is 4.60 Å². The van der Waals surface area contributed by atoms with Crippen molar-refractivity contribution in [3.63, 3.8) is 0 Å². The highest BCUT2D eigenvalue weighted by Crippen LogP contribution is 2.27. The summed E-state index contributed by atoms with van der Waals surface area (Å²) >= 11 is 6.78. The maximum atomic E-state index is 6.13. The minimum atomic E-state index is 0.425. The first-order valence-electron chi connectivity index (χ1n) is 5.74. The van der Waals surface area contributed by atoms with Crippen LogP contribution in [0.1, 0.15) is 17.0 Å². The molecule has 8 heteroatoms. The molecule has 0 saturated heterocycles. The first-order valence-corrected chi connectivity index (χ1v) is 7.33. The topological polar surface area (TPSA) is 90.7 Å². The lowest BCUT2D eigenvalue weighted by Gasteiger charge is -2.08. The van der Waals surface area contributed by atoms with E-state index in [1.807, 2.05) is 19.1 Å². The molecule has 0 fully saturated rings. The minimum Gasteiger partial charge on any atom is -0.396 e. The molecule has 3 heterocycles. The van der Waals surface area contributed by atoms with Crippen molar-refractivity contribution in [2.24, 2.45) is 0 Å². The second-order valence-electron chi connectivity index (χ2n) is 4.28. The summed E-state index contributed by atoms with van der Waals surface area (Å²) in [5.41, 5.74) is 10.1. The maximum absolute atomic E-state index is 6.13. The summed E-state index contributed by atoms with van der Waals surface area (Å²) in [6.45, 7) is 1.88. The molecule has 0 aromatic carbocycles. The number of anilines is 1. The van der Waals surface area contributed by atoms with Gasteiger partial charge in [-0.25, -0.2) is 14.6 Å². The molecule has 0 amide bonds. The standard InChI is InChI=1S/C12H9Br2N5O/c1-5-7(4-6-2-3-8(13)11(14)17-6)9(15)10-12(16-5)19-20-18-10/h2-3H,4,15H2,1H3. The van der Waals surface area contributed by atoms with Gasteiger partial charge in [-0.2, -0.15) is 0 Å². The van der Waals surface area contributed by atoms with Gasteiger partial charge >= 0.3 is 0 Å². The third kappa shape index (κ3) is 2.29. The fourth-order valence-corrected chi connectivity index (χ4v) is 2.53. The monoisotopic (exact) mass is 397 g/mol. The van der Waals surface area contributed by atoms with Crippen LogP contribution in [0, 0.1) is 6.92 Å². The van der Waals surface area contributed by atoms with Crippen LogP contribution in [0.4, 0.5) is 5.69 Å². The average molecular weight is 399 g/mol. The Kier molecular flexibility index (Phi) is 3.43. The van der Waals surface area contributed by atoms with Gasteiger partial charge in [0.2, 0.25) is 5.65 Å². The van der Waals surface area contributed by atoms with Crippen molar-refractivity contribution in [2.75, 3.05) is 5.73 Å². The summed E-state index contributed by atoms with van der Waals surface area (Å²) in [6, 6.07) is 3.86. The number of hydrogen-bond acceptors (Lipinski definition) is 6. The van der Waals surface area contributed by atoms with Crippen LogP contribution < -0.4 is 5.73 Å². The summed E-state index contributed by atoms with van der Waals surface area (Å²) in [4.78, 5) is 8.78. The zero-order chi connectivity index (χ0) is 14.3. The molecule has 0 unspecified atom stereocenters. The van der Waals surface area contributed by atoms with E-state index in [4.69, 9.17) is 5.73 Å². The Labute approximate surface area is 131 Å². The molecule has 2 N–H and O–H groups in total. The summed E-state index contributed by atoms with van der Waals surface area (Å²) in [7, 11) is 0. The van der Waals surface area contributed by atoms with Gasteiger partial charge in [0.05, 0.1) is 10.2 Å². The van der Waals surface area contributed by atoms with Crippen molar-refractivity contribution in [3.8, 4) is 0 Å². The lowest BCUT2D eigenvalue weighted by molar-refractivity contribution is 0.315. The van der Waals surface area contributed by atoms with E-state index in [1.165, 1.54) is 0 Å². The highest BCUT2D eigenvalue weighted by Gasteiger charge is 2.15. The van der Waals surface area contributed by atoms with Crippen molar-refractivity contribution in [3.05, 3.63) is 38.2 Å². The fourth-order valence-electron chi connectivity index (χ4n) is 1.95. The second-order valence-corrected chi connectivity index (χ2v) is 5.88. The number of pyridine rings is 2. The minimum absolute atomic E-state index is 0.425. The van der Waals surface area contributed by atoms with E-state index in [0.717, 1.165) is 26.0 Å². The quantitative estimate of drug-likeness (QED) is 0.667. The van der Waals surface area contributed by atoms with Crippen molar-refractivity contribution < 1.29 is 4.63 Å². The molecule has 3 rings (SSSR count). The molecule has 0 spiro atoms. The van der Waals surface area contributed by atoms with Crippen LogP contribution >= 0.6 is 31.9 Å². The first-order chi connectivity index (χ1) is 9.56. The molecule has 0 aliphatic rings. The van der Waals surface area contributed by atoms with E-state index in [9.17, 15) is 0 Å². The van der Waals surface area contributed by atoms with Crippen LogP contribution in [0.2, 0.25) is 0 Å². The molecular formula is C12H9Br2N5O. The molecule has 0 radical (unpaired) electrons. The predicted octanol–water partition coefficient (Wildman–Crippen LogP) is 3.02. The number of fused-ring (bicyclic) bond motifs is 1. The van der Waals surface area contributed by atoms with E-state index in [-0.39, 0.29) is 0 Å². The Morgan fingerprint density at radius 3 is 2.75 bits per heavy atom. The number of nitrogen functional groups attached to an aromatic ring is 1. The van der Waals surface area contributed by atoms with Crippen LogP contribution in [0.15, 0.2) is 25.8 Å². The van der Waals surface area contributed by atoms with Gasteiger partial charge in [0.15, 0.2) is 5.52 Å². The van der Waals surface area contributed by atoms with Gasteiger partial charge in [-0.3, -0.25) is 0 Å². The van der Waals surface area contributed by atoms with E-state index in [0.29, 0.717) is 23.3 Å². The predicted molar refractivity (Wildman–Crippen MR) is 81.2 cm³/mol. The lowest BCUT2D eigenvalue weighted by Crippen LogP contribution is -2.04. The normalized spacial score (nSPS) is 11.2. The van der Waals surface area contributed by atoms with Gasteiger partial charge in [0.25, 0.3) is 0 Å². The van der Waals surface area contributed by atoms with Crippen LogP contribution in [0.25, 0.3) is 11.2 Å². The van der Waals surface area contributed by atoms with Crippen molar-refractivity contribution in [1.29, 1.82) is 0 Å². The highest BCUT2D eigenvalue weighted by atomic mass is 79.9. The molecule has 3 aromatic rings. The van der Waals surface area contributed by atoms with E-state index in [2.05, 4.69) is 56.8 Å². The number of aromatic nitrogens is 4. The molecule has 0 aliphatic carbocycles. The van der Waals surface area contributed by atoms with E-state index in [1.54, 1.807) is 0 Å². The third-order valence-electron chi connectivity index (χ3n) is 2.98. The molecule has 6 nitrogen and oxygen atoms in total. The Hall–Kier alpha value is -1.54. The maximum Gasteiger partial charge on any atom is 0.226 e. The second kappa shape index (κ2) is 5.10. The van der Waals surface area contributed by atoms with Crippen LogP contribution in [-0.2, 0) is 6.42 Å². The first kappa shape index (κ1) is 13.4.